The molecule has 0 aromatic heterocycles. The summed E-state index contributed by atoms with van der Waals surface area (Å²) in [5, 5.41) is 3.34. The molecule has 0 heterocycles. The van der Waals surface area contributed by atoms with E-state index in [9.17, 15) is 13.2 Å². The summed E-state index contributed by atoms with van der Waals surface area (Å²) in [4.78, 5) is 12.3. The topological polar surface area (TPSA) is 75.3 Å². The van der Waals surface area contributed by atoms with E-state index >= 15 is 0 Å². The summed E-state index contributed by atoms with van der Waals surface area (Å²) in [7, 11) is -3.78. The molecule has 0 aliphatic rings. The number of carbonyl (C=O) groups excluding carboxylic acids is 1. The van der Waals surface area contributed by atoms with E-state index in [0.717, 1.165) is 0 Å². The van der Waals surface area contributed by atoms with E-state index in [4.69, 9.17) is 23.2 Å². The van der Waals surface area contributed by atoms with Gasteiger partial charge in [-0.05, 0) is 54.6 Å². The molecule has 0 radical (unpaired) electrons. The van der Waals surface area contributed by atoms with Crippen LogP contribution >= 0.6 is 23.2 Å². The van der Waals surface area contributed by atoms with E-state index in [1.165, 1.54) is 42.5 Å². The Hall–Kier alpha value is -2.54. The summed E-state index contributed by atoms with van der Waals surface area (Å²) in [6, 6.07) is 18.9. The normalized spacial score (nSPS) is 11.0. The number of rotatable bonds is 5. The van der Waals surface area contributed by atoms with E-state index in [0.29, 0.717) is 16.3 Å². The number of carbonyl (C=O) groups is 1. The van der Waals surface area contributed by atoms with Crippen molar-refractivity contribution in [1.29, 1.82) is 0 Å². The maximum atomic E-state index is 12.4. The van der Waals surface area contributed by atoms with E-state index in [2.05, 4.69) is 10.0 Å². The van der Waals surface area contributed by atoms with E-state index in [1.807, 2.05) is 6.07 Å². The third kappa shape index (κ3) is 4.80. The first-order valence-corrected chi connectivity index (χ1v) is 10.0. The minimum atomic E-state index is -3.78. The molecule has 5 nitrogen and oxygen atoms in total. The van der Waals surface area contributed by atoms with Crippen LogP contribution in [0.1, 0.15) is 10.4 Å². The molecule has 0 spiro atoms. The maximum absolute atomic E-state index is 12.4. The predicted molar refractivity (Wildman–Crippen MR) is 108 cm³/mol. The van der Waals surface area contributed by atoms with E-state index < -0.39 is 10.0 Å². The summed E-state index contributed by atoms with van der Waals surface area (Å²) in [6.45, 7) is 0. The Labute approximate surface area is 167 Å². The number of halogens is 2. The largest absolute Gasteiger partial charge is 0.321 e. The highest BCUT2D eigenvalue weighted by Crippen LogP contribution is 2.27. The van der Waals surface area contributed by atoms with Gasteiger partial charge in [0.15, 0.2) is 0 Å². The van der Waals surface area contributed by atoms with Gasteiger partial charge in [-0.25, -0.2) is 8.42 Å². The molecule has 0 saturated carbocycles. The first-order valence-electron chi connectivity index (χ1n) is 7.79. The van der Waals surface area contributed by atoms with Gasteiger partial charge in [-0.15, -0.1) is 0 Å². The Morgan fingerprint density at radius 2 is 1.52 bits per heavy atom. The minimum Gasteiger partial charge on any atom is -0.321 e. The van der Waals surface area contributed by atoms with Crippen LogP contribution in [-0.2, 0) is 10.0 Å². The van der Waals surface area contributed by atoms with Crippen molar-refractivity contribution in [3.8, 4) is 0 Å². The van der Waals surface area contributed by atoms with Gasteiger partial charge in [0.2, 0.25) is 0 Å². The lowest BCUT2D eigenvalue weighted by Crippen LogP contribution is -2.14. The van der Waals surface area contributed by atoms with Crippen LogP contribution in [-0.4, -0.2) is 14.3 Å². The molecule has 8 heteroatoms. The fourth-order valence-corrected chi connectivity index (χ4v) is 3.70. The molecular formula is C19H14Cl2N2O3S. The lowest BCUT2D eigenvalue weighted by molar-refractivity contribution is 0.102. The molecule has 1 amide bonds. The molecule has 0 aliphatic heterocycles. The second kappa shape index (κ2) is 8.00. The number of anilines is 2. The highest BCUT2D eigenvalue weighted by Gasteiger charge is 2.15. The molecule has 0 fully saturated rings. The van der Waals surface area contributed by atoms with Gasteiger partial charge in [0.25, 0.3) is 15.9 Å². The van der Waals surface area contributed by atoms with Crippen molar-refractivity contribution in [2.45, 2.75) is 4.90 Å². The molecule has 0 saturated heterocycles. The molecule has 138 valence electrons. The summed E-state index contributed by atoms with van der Waals surface area (Å²) < 4.78 is 27.2. The molecular weight excluding hydrogens is 407 g/mol. The standard InChI is InChI=1S/C19H14Cl2N2O3S/c20-14-6-9-16(10-7-14)27(25,26)23-15-8-11-18(17(21)12-15)22-19(24)13-4-2-1-3-5-13/h1-12,23H,(H,22,24). The van der Waals surface area contributed by atoms with Crippen LogP contribution < -0.4 is 10.0 Å². The molecule has 0 atom stereocenters. The van der Waals surface area contributed by atoms with Crippen molar-refractivity contribution in [1.82, 2.24) is 0 Å². The fourth-order valence-electron chi connectivity index (χ4n) is 2.29. The number of sulfonamides is 1. The van der Waals surface area contributed by atoms with Crippen molar-refractivity contribution < 1.29 is 13.2 Å². The van der Waals surface area contributed by atoms with Gasteiger partial charge in [0, 0.05) is 10.6 Å². The lowest BCUT2D eigenvalue weighted by atomic mass is 10.2. The van der Waals surface area contributed by atoms with Crippen LogP contribution in [0.15, 0.2) is 77.7 Å². The third-order valence-electron chi connectivity index (χ3n) is 3.63. The molecule has 3 aromatic carbocycles. The van der Waals surface area contributed by atoms with Crippen LogP contribution in [0, 0.1) is 0 Å². The smallest absolute Gasteiger partial charge is 0.261 e. The van der Waals surface area contributed by atoms with E-state index in [-0.39, 0.29) is 21.5 Å². The Bertz CT molecular complexity index is 1070. The second-order valence-electron chi connectivity index (χ2n) is 5.57. The zero-order chi connectivity index (χ0) is 19.4. The molecule has 2 N–H and O–H groups in total. The van der Waals surface area contributed by atoms with Crippen LogP contribution in [0.25, 0.3) is 0 Å². The Kier molecular flexibility index (Phi) is 5.70. The summed E-state index contributed by atoms with van der Waals surface area (Å²) in [5.74, 6) is -0.313. The number of amides is 1. The van der Waals surface area contributed by atoms with Gasteiger partial charge in [-0.3, -0.25) is 9.52 Å². The predicted octanol–water partition coefficient (Wildman–Crippen LogP) is 5.05. The molecule has 0 unspecified atom stereocenters. The average Bonchev–Trinajstić information content (AvgIpc) is 2.64. The molecule has 0 aliphatic carbocycles. The quantitative estimate of drug-likeness (QED) is 0.606. The van der Waals surface area contributed by atoms with Crippen molar-refractivity contribution in [2.75, 3.05) is 10.0 Å². The molecule has 3 aromatic rings. The highest BCUT2D eigenvalue weighted by atomic mass is 35.5. The van der Waals surface area contributed by atoms with Gasteiger partial charge in [0.05, 0.1) is 21.3 Å². The van der Waals surface area contributed by atoms with Gasteiger partial charge >= 0.3 is 0 Å². The summed E-state index contributed by atoms with van der Waals surface area (Å²) in [6.07, 6.45) is 0. The van der Waals surface area contributed by atoms with Crippen molar-refractivity contribution in [3.63, 3.8) is 0 Å². The first-order chi connectivity index (χ1) is 12.8. The van der Waals surface area contributed by atoms with Crippen LogP contribution in [0.5, 0.6) is 0 Å². The average molecular weight is 421 g/mol. The summed E-state index contributed by atoms with van der Waals surface area (Å²) >= 11 is 12.0. The lowest BCUT2D eigenvalue weighted by Gasteiger charge is -2.11. The number of benzene rings is 3. The van der Waals surface area contributed by atoms with Crippen molar-refractivity contribution in [3.05, 3.63) is 88.4 Å². The zero-order valence-corrected chi connectivity index (χ0v) is 16.1. The monoisotopic (exact) mass is 420 g/mol. The van der Waals surface area contributed by atoms with Crippen LogP contribution in [0.2, 0.25) is 10.0 Å². The Balaban J connectivity index is 1.76. The van der Waals surface area contributed by atoms with Gasteiger partial charge < -0.3 is 5.32 Å². The number of hydrogen-bond donors (Lipinski definition) is 2. The van der Waals surface area contributed by atoms with Crippen LogP contribution in [0.4, 0.5) is 11.4 Å². The van der Waals surface area contributed by atoms with E-state index in [1.54, 1.807) is 24.3 Å². The van der Waals surface area contributed by atoms with Gasteiger partial charge in [-0.1, -0.05) is 41.4 Å². The Morgan fingerprint density at radius 1 is 0.852 bits per heavy atom. The highest BCUT2D eigenvalue weighted by molar-refractivity contribution is 7.92. The molecule has 3 rings (SSSR count). The fraction of sp³-hybridized carbons (Fsp3) is 0. The molecule has 27 heavy (non-hydrogen) atoms. The second-order valence-corrected chi connectivity index (χ2v) is 8.10. The zero-order valence-electron chi connectivity index (χ0n) is 13.8. The minimum absolute atomic E-state index is 0.0736. The third-order valence-corrected chi connectivity index (χ3v) is 5.59. The maximum Gasteiger partial charge on any atom is 0.261 e. The van der Waals surface area contributed by atoms with Gasteiger partial charge in [-0.2, -0.15) is 0 Å². The number of nitrogens with one attached hydrogen (secondary N) is 2. The van der Waals surface area contributed by atoms with Crippen LogP contribution in [0.3, 0.4) is 0 Å². The first kappa shape index (κ1) is 19.2. The van der Waals surface area contributed by atoms with Crippen molar-refractivity contribution >= 4 is 50.5 Å². The molecule has 0 bridgehead atoms. The van der Waals surface area contributed by atoms with Gasteiger partial charge in [0.1, 0.15) is 0 Å². The number of hydrogen-bond acceptors (Lipinski definition) is 3. The Morgan fingerprint density at radius 3 is 2.15 bits per heavy atom. The SMILES string of the molecule is O=C(Nc1ccc(NS(=O)(=O)c2ccc(Cl)cc2)cc1Cl)c1ccccc1. The summed E-state index contributed by atoms with van der Waals surface area (Å²) in [5.41, 5.74) is 1.13. The van der Waals surface area contributed by atoms with Crippen molar-refractivity contribution in [2.24, 2.45) is 0 Å².